The number of halogens is 1. The van der Waals surface area contributed by atoms with Crippen LogP contribution in [-0.4, -0.2) is 36.6 Å². The molecule has 6 nitrogen and oxygen atoms in total. The van der Waals surface area contributed by atoms with Crippen LogP contribution in [0.25, 0.3) is 11.3 Å². The maximum absolute atomic E-state index is 12.6. The molecule has 1 saturated heterocycles. The number of carbonyl (C=O) groups is 1. The van der Waals surface area contributed by atoms with E-state index in [-0.39, 0.29) is 5.91 Å². The van der Waals surface area contributed by atoms with Gasteiger partial charge in [0.25, 0.3) is 5.91 Å². The second kappa shape index (κ2) is 6.93. The summed E-state index contributed by atoms with van der Waals surface area (Å²) in [6, 6.07) is 7.18. The average Bonchev–Trinajstić information content (AvgIpc) is 3.14. The van der Waals surface area contributed by atoms with Crippen LogP contribution in [0.3, 0.4) is 0 Å². The van der Waals surface area contributed by atoms with Crippen LogP contribution in [0.15, 0.2) is 28.8 Å². The van der Waals surface area contributed by atoms with Crippen molar-refractivity contribution >= 4 is 17.5 Å². The predicted molar refractivity (Wildman–Crippen MR) is 88.9 cm³/mol. The van der Waals surface area contributed by atoms with E-state index in [4.69, 9.17) is 25.6 Å². The van der Waals surface area contributed by atoms with Crippen LogP contribution in [0.1, 0.15) is 29.4 Å². The second-order valence-corrected chi connectivity index (χ2v) is 6.20. The van der Waals surface area contributed by atoms with E-state index >= 15 is 0 Å². The fraction of sp³-hybridized carbons (Fsp3) is 0.412. The highest BCUT2D eigenvalue weighted by Crippen LogP contribution is 2.31. The zero-order valence-corrected chi connectivity index (χ0v) is 14.4. The maximum atomic E-state index is 12.6. The summed E-state index contributed by atoms with van der Waals surface area (Å²) in [5.74, 6) is -0.525. The van der Waals surface area contributed by atoms with E-state index in [2.05, 4.69) is 10.5 Å². The Bertz CT molecular complexity index is 738. The van der Waals surface area contributed by atoms with Gasteiger partial charge in [0.1, 0.15) is 5.56 Å². The van der Waals surface area contributed by atoms with Crippen LogP contribution in [0.2, 0.25) is 5.02 Å². The van der Waals surface area contributed by atoms with Gasteiger partial charge < -0.3 is 19.3 Å². The van der Waals surface area contributed by atoms with Crippen molar-refractivity contribution in [2.75, 3.05) is 19.8 Å². The standard InChI is InChI=1S/C17H19ClN2O4/c1-11-14(15(24-20-11)12-5-3-4-6-13(12)18)16(21)19-8-7-17(2)22-9-10-23-17/h3-6H,7-10H2,1-2H3,(H,19,21). The van der Waals surface area contributed by atoms with Crippen molar-refractivity contribution in [3.05, 3.63) is 40.5 Å². The summed E-state index contributed by atoms with van der Waals surface area (Å²) < 4.78 is 16.4. The molecule has 1 N–H and O–H groups in total. The third-order valence-corrected chi connectivity index (χ3v) is 4.30. The normalized spacial score (nSPS) is 16.3. The lowest BCUT2D eigenvalue weighted by atomic mass is 10.1. The number of aromatic nitrogens is 1. The fourth-order valence-electron chi connectivity index (χ4n) is 2.66. The molecule has 0 bridgehead atoms. The van der Waals surface area contributed by atoms with Crippen molar-refractivity contribution in [2.24, 2.45) is 0 Å². The van der Waals surface area contributed by atoms with Crippen LogP contribution in [0.5, 0.6) is 0 Å². The third-order valence-electron chi connectivity index (χ3n) is 3.97. The van der Waals surface area contributed by atoms with Crippen LogP contribution in [-0.2, 0) is 9.47 Å². The molecular weight excluding hydrogens is 332 g/mol. The van der Waals surface area contributed by atoms with Gasteiger partial charge in [0, 0.05) is 18.5 Å². The van der Waals surface area contributed by atoms with Gasteiger partial charge in [-0.25, -0.2) is 0 Å². The average molecular weight is 351 g/mol. The minimum Gasteiger partial charge on any atom is -0.355 e. The van der Waals surface area contributed by atoms with Crippen LogP contribution in [0.4, 0.5) is 0 Å². The Balaban J connectivity index is 1.73. The largest absolute Gasteiger partial charge is 0.355 e. The van der Waals surface area contributed by atoms with Crippen molar-refractivity contribution in [3.63, 3.8) is 0 Å². The van der Waals surface area contributed by atoms with Gasteiger partial charge in [-0.2, -0.15) is 0 Å². The first-order chi connectivity index (χ1) is 11.5. The summed E-state index contributed by atoms with van der Waals surface area (Å²) in [5.41, 5.74) is 1.54. The Morgan fingerprint density at radius 2 is 2.04 bits per heavy atom. The van der Waals surface area contributed by atoms with E-state index in [1.54, 1.807) is 19.1 Å². The molecule has 0 radical (unpaired) electrons. The molecule has 1 aromatic carbocycles. The Hall–Kier alpha value is -1.89. The molecule has 3 rings (SSSR count). The van der Waals surface area contributed by atoms with Crippen molar-refractivity contribution in [1.29, 1.82) is 0 Å². The fourth-order valence-corrected chi connectivity index (χ4v) is 2.88. The first kappa shape index (κ1) is 17.0. The molecule has 1 aromatic heterocycles. The Labute approximate surface area is 145 Å². The molecule has 1 aliphatic heterocycles. The van der Waals surface area contributed by atoms with Gasteiger partial charge in [0.2, 0.25) is 0 Å². The molecule has 7 heteroatoms. The number of nitrogens with one attached hydrogen (secondary N) is 1. The van der Waals surface area contributed by atoms with Crippen LogP contribution in [0, 0.1) is 6.92 Å². The van der Waals surface area contributed by atoms with Gasteiger partial charge in [0.05, 0.1) is 23.9 Å². The number of hydrogen-bond acceptors (Lipinski definition) is 5. The van der Waals surface area contributed by atoms with Crippen LogP contribution >= 0.6 is 11.6 Å². The number of nitrogens with zero attached hydrogens (tertiary/aromatic N) is 1. The third kappa shape index (κ3) is 3.45. The summed E-state index contributed by atoms with van der Waals surface area (Å²) in [4.78, 5) is 12.6. The molecule has 1 amide bonds. The lowest BCUT2D eigenvalue weighted by molar-refractivity contribution is -0.145. The van der Waals surface area contributed by atoms with Gasteiger partial charge in [-0.05, 0) is 26.0 Å². The summed E-state index contributed by atoms with van der Waals surface area (Å²) in [6.07, 6.45) is 0.560. The molecule has 0 spiro atoms. The molecular formula is C17H19ClN2O4. The number of hydrogen-bond donors (Lipinski definition) is 1. The van der Waals surface area contributed by atoms with Crippen molar-refractivity contribution < 1.29 is 18.8 Å². The Morgan fingerprint density at radius 3 is 2.75 bits per heavy atom. The van der Waals surface area contributed by atoms with E-state index in [9.17, 15) is 4.79 Å². The minimum absolute atomic E-state index is 0.259. The molecule has 1 fully saturated rings. The Morgan fingerprint density at radius 1 is 1.33 bits per heavy atom. The first-order valence-electron chi connectivity index (χ1n) is 7.77. The summed E-state index contributed by atoms with van der Waals surface area (Å²) in [6.45, 7) is 5.16. The zero-order valence-electron chi connectivity index (χ0n) is 13.6. The van der Waals surface area contributed by atoms with E-state index in [0.717, 1.165) is 0 Å². The molecule has 2 aromatic rings. The van der Waals surface area contributed by atoms with Gasteiger partial charge in [-0.1, -0.05) is 28.9 Å². The molecule has 2 heterocycles. The maximum Gasteiger partial charge on any atom is 0.257 e. The number of benzene rings is 1. The van der Waals surface area contributed by atoms with E-state index < -0.39 is 5.79 Å². The highest BCUT2D eigenvalue weighted by molar-refractivity contribution is 6.33. The first-order valence-corrected chi connectivity index (χ1v) is 8.15. The minimum atomic E-state index is -0.636. The quantitative estimate of drug-likeness (QED) is 0.896. The van der Waals surface area contributed by atoms with Crippen molar-refractivity contribution in [3.8, 4) is 11.3 Å². The van der Waals surface area contributed by atoms with Crippen molar-refractivity contribution in [1.82, 2.24) is 10.5 Å². The zero-order chi connectivity index (χ0) is 17.2. The summed E-state index contributed by atoms with van der Waals surface area (Å²) in [7, 11) is 0. The SMILES string of the molecule is Cc1noc(-c2ccccc2Cl)c1C(=O)NCCC1(C)OCCO1. The van der Waals surface area contributed by atoms with E-state index in [1.807, 2.05) is 19.1 Å². The van der Waals surface area contributed by atoms with E-state index in [0.29, 0.717) is 53.8 Å². The lowest BCUT2D eigenvalue weighted by Crippen LogP contribution is -2.33. The molecule has 128 valence electrons. The molecule has 1 aliphatic rings. The smallest absolute Gasteiger partial charge is 0.257 e. The van der Waals surface area contributed by atoms with Crippen molar-refractivity contribution in [2.45, 2.75) is 26.1 Å². The molecule has 0 unspecified atom stereocenters. The van der Waals surface area contributed by atoms with Gasteiger partial charge in [0.15, 0.2) is 11.5 Å². The summed E-state index contributed by atoms with van der Waals surface area (Å²) in [5, 5.41) is 7.28. The second-order valence-electron chi connectivity index (χ2n) is 5.79. The highest BCUT2D eigenvalue weighted by atomic mass is 35.5. The van der Waals surface area contributed by atoms with Gasteiger partial charge in [-0.15, -0.1) is 0 Å². The number of amides is 1. The topological polar surface area (TPSA) is 73.6 Å². The van der Waals surface area contributed by atoms with Gasteiger partial charge in [-0.3, -0.25) is 4.79 Å². The number of aryl methyl sites for hydroxylation is 1. The molecule has 24 heavy (non-hydrogen) atoms. The predicted octanol–water partition coefficient (Wildman–Crippen LogP) is 3.19. The lowest BCUT2D eigenvalue weighted by Gasteiger charge is -2.22. The monoisotopic (exact) mass is 350 g/mol. The number of ether oxygens (including phenoxy) is 2. The summed E-state index contributed by atoms with van der Waals surface area (Å²) >= 11 is 6.20. The molecule has 0 aliphatic carbocycles. The number of carbonyl (C=O) groups excluding carboxylic acids is 1. The molecule has 0 saturated carbocycles. The van der Waals surface area contributed by atoms with Crippen LogP contribution < -0.4 is 5.32 Å². The highest BCUT2D eigenvalue weighted by Gasteiger charge is 2.31. The van der Waals surface area contributed by atoms with E-state index in [1.165, 1.54) is 0 Å². The number of rotatable bonds is 5. The molecule has 0 atom stereocenters. The Kier molecular flexibility index (Phi) is 4.89. The van der Waals surface area contributed by atoms with Gasteiger partial charge >= 0.3 is 0 Å².